The van der Waals surface area contributed by atoms with Crippen molar-refractivity contribution in [3.8, 4) is 0 Å². The molecule has 62 heavy (non-hydrogen) atoms. The fourth-order valence-corrected chi connectivity index (χ4v) is 10.6. The smallest absolute Gasteiger partial charge is 0.324 e. The molecule has 0 bridgehead atoms. The van der Waals surface area contributed by atoms with Crippen molar-refractivity contribution in [2.45, 2.75) is 116 Å². The molecule has 3 heterocycles. The first-order chi connectivity index (χ1) is 29.2. The number of fused-ring (bicyclic) bond motifs is 2. The topological polar surface area (TPSA) is 99.7 Å². The van der Waals surface area contributed by atoms with E-state index in [4.69, 9.17) is 4.98 Å². The number of amides is 5. The number of aryl methyl sites for hydroxylation is 2. The fourth-order valence-electron chi connectivity index (χ4n) is 9.89. The molecule has 0 spiro atoms. The highest BCUT2D eigenvalue weighted by molar-refractivity contribution is 8.14. The van der Waals surface area contributed by atoms with Gasteiger partial charge in [-0.2, -0.15) is 0 Å². The standard InChI is InChI=1S/C53H58N4O4S/c1-32-23-41-44(26-39(32)34(3)38-14-11-36(12-15-38)29-57-47(59)31-62-49(57)61)53(10,20-17-50(41,5)6)22-21-52(9)19-18-51(7,8)42-25-40(33(2)24-43(42)52)35(4)45-16-13-37(27-54-45)30-56-46(58)28-55-48(56)60/h11-16,18-19,23-27H,3-4,17,20-22,28-31H2,1-2,5-10H3,(H,55,60). The second-order valence-electron chi connectivity index (χ2n) is 19.7. The van der Waals surface area contributed by atoms with E-state index in [2.05, 4.69) is 122 Å². The van der Waals surface area contributed by atoms with Gasteiger partial charge in [-0.3, -0.25) is 29.2 Å². The van der Waals surface area contributed by atoms with Gasteiger partial charge in [0, 0.05) is 22.6 Å². The first-order valence-electron chi connectivity index (χ1n) is 21.7. The number of carbonyl (C=O) groups is 4. The lowest BCUT2D eigenvalue weighted by molar-refractivity contribution is -0.126. The number of thioether (sulfide) groups is 1. The maximum Gasteiger partial charge on any atom is 0.324 e. The highest BCUT2D eigenvalue weighted by atomic mass is 32.2. The summed E-state index contributed by atoms with van der Waals surface area (Å²) in [4.78, 5) is 56.0. The molecule has 2 saturated heterocycles. The molecule has 1 aromatic heterocycles. The number of nitrogens with one attached hydrogen (secondary N) is 1. The maximum atomic E-state index is 12.2. The number of urea groups is 1. The SMILES string of the molecule is C=C(c1ccc(CN2C(=O)CSC2=O)cc1)c1cc2c(cc1C)C(C)(C)CCC2(C)CCC1(C)C=CC(C)(C)c2cc(C(=C)c3ccc(CN4C(=O)CNC4=O)cn3)c(C)cc21. The van der Waals surface area contributed by atoms with Gasteiger partial charge in [-0.05, 0) is 129 Å². The molecule has 8 nitrogen and oxygen atoms in total. The summed E-state index contributed by atoms with van der Waals surface area (Å²) in [6, 6.07) is 21.1. The molecule has 2 fully saturated rings. The average molecular weight is 847 g/mol. The maximum absolute atomic E-state index is 12.2. The van der Waals surface area contributed by atoms with Crippen LogP contribution in [0.2, 0.25) is 0 Å². The van der Waals surface area contributed by atoms with Crippen LogP contribution in [0.25, 0.3) is 11.1 Å². The zero-order valence-corrected chi connectivity index (χ0v) is 38.3. The van der Waals surface area contributed by atoms with E-state index in [0.29, 0.717) is 0 Å². The van der Waals surface area contributed by atoms with Crippen molar-refractivity contribution < 1.29 is 19.2 Å². The van der Waals surface area contributed by atoms with Gasteiger partial charge in [0.25, 0.3) is 5.24 Å². The molecule has 0 saturated carbocycles. The van der Waals surface area contributed by atoms with Crippen LogP contribution in [0.1, 0.15) is 134 Å². The monoisotopic (exact) mass is 846 g/mol. The van der Waals surface area contributed by atoms with Crippen molar-refractivity contribution in [2.24, 2.45) is 0 Å². The summed E-state index contributed by atoms with van der Waals surface area (Å²) in [5.41, 5.74) is 15.0. The second kappa shape index (κ2) is 15.7. The van der Waals surface area contributed by atoms with Gasteiger partial charge in [0.05, 0.1) is 31.1 Å². The Hall–Kier alpha value is -5.54. The minimum Gasteiger partial charge on any atom is -0.329 e. The van der Waals surface area contributed by atoms with Gasteiger partial charge in [0.1, 0.15) is 0 Å². The summed E-state index contributed by atoms with van der Waals surface area (Å²) in [6.07, 6.45) is 10.8. The number of nitrogens with zero attached hydrogens (tertiary/aromatic N) is 3. The van der Waals surface area contributed by atoms with Gasteiger partial charge < -0.3 is 5.32 Å². The molecule has 4 aromatic rings. The average Bonchev–Trinajstić information content (AvgIpc) is 3.73. The lowest BCUT2D eigenvalue weighted by Crippen LogP contribution is -2.38. The van der Waals surface area contributed by atoms with E-state index in [1.807, 2.05) is 24.3 Å². The number of rotatable bonds is 11. The number of benzene rings is 3. The van der Waals surface area contributed by atoms with Crippen molar-refractivity contribution in [3.05, 3.63) is 159 Å². The summed E-state index contributed by atoms with van der Waals surface area (Å²) in [5.74, 6) is -0.160. The fraction of sp³-hybridized carbons (Fsp3) is 0.377. The van der Waals surface area contributed by atoms with Crippen molar-refractivity contribution in [1.29, 1.82) is 0 Å². The van der Waals surface area contributed by atoms with Crippen molar-refractivity contribution in [2.75, 3.05) is 12.3 Å². The predicted molar refractivity (Wildman–Crippen MR) is 250 cm³/mol. The molecule has 1 N–H and O–H groups in total. The molecule has 3 aromatic carbocycles. The number of hydrogen-bond donors (Lipinski definition) is 1. The van der Waals surface area contributed by atoms with E-state index in [-0.39, 0.29) is 70.1 Å². The van der Waals surface area contributed by atoms with Crippen LogP contribution in [0.4, 0.5) is 9.59 Å². The van der Waals surface area contributed by atoms with Crippen molar-refractivity contribution in [1.82, 2.24) is 20.1 Å². The number of hydrogen-bond acceptors (Lipinski definition) is 6. The van der Waals surface area contributed by atoms with Crippen LogP contribution in [0, 0.1) is 13.8 Å². The highest BCUT2D eigenvalue weighted by Crippen LogP contribution is 2.53. The molecule has 0 radical (unpaired) electrons. The van der Waals surface area contributed by atoms with E-state index in [1.54, 1.807) is 6.20 Å². The summed E-state index contributed by atoms with van der Waals surface area (Å²) in [5, 5.41) is 2.39. The molecule has 9 heteroatoms. The summed E-state index contributed by atoms with van der Waals surface area (Å²) < 4.78 is 0. The molecule has 2 unspecified atom stereocenters. The third kappa shape index (κ3) is 7.78. The molecule has 4 aliphatic rings. The van der Waals surface area contributed by atoms with Crippen LogP contribution in [-0.2, 0) is 44.3 Å². The molecule has 2 atom stereocenters. The van der Waals surface area contributed by atoms with E-state index in [9.17, 15) is 19.2 Å². The summed E-state index contributed by atoms with van der Waals surface area (Å²) >= 11 is 1.06. The van der Waals surface area contributed by atoms with Gasteiger partial charge in [0.2, 0.25) is 11.8 Å². The number of pyridine rings is 1. The Kier molecular flexibility index (Phi) is 10.9. The molecular formula is C53H58N4O4S. The van der Waals surface area contributed by atoms with Gasteiger partial charge in [-0.1, -0.05) is 127 Å². The lowest BCUT2D eigenvalue weighted by atomic mass is 9.58. The molecule has 320 valence electrons. The molecule has 2 aliphatic heterocycles. The predicted octanol–water partition coefficient (Wildman–Crippen LogP) is 11.0. The third-order valence-corrected chi connectivity index (χ3v) is 15.2. The van der Waals surface area contributed by atoms with Crippen LogP contribution in [0.3, 0.4) is 0 Å². The number of imide groups is 2. The van der Waals surface area contributed by atoms with Gasteiger partial charge >= 0.3 is 6.03 Å². The largest absolute Gasteiger partial charge is 0.329 e. The Morgan fingerprint density at radius 1 is 0.710 bits per heavy atom. The number of carbonyl (C=O) groups excluding carboxylic acids is 4. The molecule has 8 rings (SSSR count). The van der Waals surface area contributed by atoms with Crippen LogP contribution in [0.5, 0.6) is 0 Å². The normalized spacial score (nSPS) is 22.5. The third-order valence-electron chi connectivity index (χ3n) is 14.3. The van der Waals surface area contributed by atoms with E-state index in [1.165, 1.54) is 37.6 Å². The van der Waals surface area contributed by atoms with E-state index >= 15 is 0 Å². The van der Waals surface area contributed by atoms with Crippen LogP contribution >= 0.6 is 11.8 Å². The number of aromatic nitrogens is 1. The first kappa shape index (κ1) is 43.1. The highest BCUT2D eigenvalue weighted by Gasteiger charge is 2.43. The summed E-state index contributed by atoms with van der Waals surface area (Å²) in [6.45, 7) is 28.2. The van der Waals surface area contributed by atoms with Gasteiger partial charge in [-0.25, -0.2) is 4.79 Å². The van der Waals surface area contributed by atoms with Crippen LogP contribution in [0.15, 0.2) is 92.2 Å². The minimum atomic E-state index is -0.376. The summed E-state index contributed by atoms with van der Waals surface area (Å²) in [7, 11) is 0. The second-order valence-corrected chi connectivity index (χ2v) is 20.6. The van der Waals surface area contributed by atoms with Crippen molar-refractivity contribution in [3.63, 3.8) is 0 Å². The van der Waals surface area contributed by atoms with Gasteiger partial charge in [-0.15, -0.1) is 0 Å². The molecular weight excluding hydrogens is 789 g/mol. The van der Waals surface area contributed by atoms with Crippen LogP contribution in [-0.4, -0.2) is 50.2 Å². The Morgan fingerprint density at radius 3 is 1.98 bits per heavy atom. The molecule has 2 aliphatic carbocycles. The van der Waals surface area contributed by atoms with Crippen molar-refractivity contribution >= 4 is 46.0 Å². The Bertz CT molecular complexity index is 2570. The Labute approximate surface area is 371 Å². The quantitative estimate of drug-likeness (QED) is 0.119. The molecule has 5 amide bonds. The zero-order valence-electron chi connectivity index (χ0n) is 37.5. The lowest BCUT2D eigenvalue weighted by Gasteiger charge is -2.46. The zero-order chi connectivity index (χ0) is 44.5. The number of allylic oxidation sites excluding steroid dienone is 2. The van der Waals surface area contributed by atoms with E-state index in [0.717, 1.165) is 87.7 Å². The first-order valence-corrected chi connectivity index (χ1v) is 22.7. The van der Waals surface area contributed by atoms with E-state index < -0.39 is 0 Å². The van der Waals surface area contributed by atoms with Crippen LogP contribution < -0.4 is 5.32 Å². The Morgan fingerprint density at radius 2 is 1.35 bits per heavy atom. The van der Waals surface area contributed by atoms with Gasteiger partial charge in [0.15, 0.2) is 0 Å². The minimum absolute atomic E-state index is 0.0288. The Balaban J connectivity index is 1.05.